The van der Waals surface area contributed by atoms with Gasteiger partial charge in [-0.25, -0.2) is 4.79 Å². The van der Waals surface area contributed by atoms with Crippen LogP contribution in [0.25, 0.3) is 0 Å². The highest BCUT2D eigenvalue weighted by atomic mass is 16.4. The second kappa shape index (κ2) is 7.26. The SMILES string of the molecule is C/C=C(N)\C(=C/C)C(=O)CC(NC(C)=O)C(=O)O. The Kier molecular flexibility index (Phi) is 6.41. The number of aliphatic carboxylic acids is 1. The molecular formula is C12H18N2O4. The van der Waals surface area contributed by atoms with Gasteiger partial charge < -0.3 is 16.2 Å². The zero-order valence-electron chi connectivity index (χ0n) is 10.7. The van der Waals surface area contributed by atoms with E-state index in [1.54, 1.807) is 19.9 Å². The molecule has 0 heterocycles. The van der Waals surface area contributed by atoms with Gasteiger partial charge in [0.25, 0.3) is 0 Å². The summed E-state index contributed by atoms with van der Waals surface area (Å²) in [6.07, 6.45) is 2.74. The number of Topliss-reactive ketones (excluding diaryl/α,β-unsaturated/α-hetero) is 1. The molecule has 1 unspecified atom stereocenters. The van der Waals surface area contributed by atoms with E-state index in [-0.39, 0.29) is 17.7 Å². The second-order valence-corrected chi connectivity index (χ2v) is 3.67. The Hall–Kier alpha value is -2.11. The summed E-state index contributed by atoms with van der Waals surface area (Å²) in [4.78, 5) is 33.6. The molecule has 0 aromatic heterocycles. The van der Waals surface area contributed by atoms with Gasteiger partial charge in [0, 0.05) is 24.6 Å². The first-order valence-electron chi connectivity index (χ1n) is 5.45. The highest BCUT2D eigenvalue weighted by Gasteiger charge is 2.24. The highest BCUT2D eigenvalue weighted by Crippen LogP contribution is 2.10. The highest BCUT2D eigenvalue weighted by molar-refractivity contribution is 6.01. The van der Waals surface area contributed by atoms with Crippen LogP contribution in [0.5, 0.6) is 0 Å². The second-order valence-electron chi connectivity index (χ2n) is 3.67. The van der Waals surface area contributed by atoms with Crippen molar-refractivity contribution in [1.29, 1.82) is 0 Å². The summed E-state index contributed by atoms with van der Waals surface area (Å²) in [6, 6.07) is -1.24. The molecule has 1 atom stereocenters. The Bertz CT molecular complexity index is 410. The zero-order valence-corrected chi connectivity index (χ0v) is 10.7. The van der Waals surface area contributed by atoms with Crippen LogP contribution in [0.15, 0.2) is 23.4 Å². The molecule has 4 N–H and O–H groups in total. The smallest absolute Gasteiger partial charge is 0.326 e. The molecule has 0 radical (unpaired) electrons. The number of amides is 1. The molecule has 0 aliphatic carbocycles. The Morgan fingerprint density at radius 2 is 1.83 bits per heavy atom. The first-order chi connectivity index (χ1) is 8.33. The number of carboxylic acids is 1. The summed E-state index contributed by atoms with van der Waals surface area (Å²) >= 11 is 0. The third kappa shape index (κ3) is 4.82. The molecule has 0 aliphatic heterocycles. The van der Waals surface area contributed by atoms with Crippen molar-refractivity contribution in [1.82, 2.24) is 5.32 Å². The number of nitrogens with two attached hydrogens (primary N) is 1. The molecular weight excluding hydrogens is 236 g/mol. The van der Waals surface area contributed by atoms with Gasteiger partial charge in [-0.1, -0.05) is 12.2 Å². The molecule has 0 saturated heterocycles. The van der Waals surface area contributed by atoms with Crippen LogP contribution < -0.4 is 11.1 Å². The number of nitrogens with one attached hydrogen (secondary N) is 1. The Morgan fingerprint density at radius 3 is 2.17 bits per heavy atom. The zero-order chi connectivity index (χ0) is 14.3. The monoisotopic (exact) mass is 254 g/mol. The Morgan fingerprint density at radius 1 is 1.28 bits per heavy atom. The summed E-state index contributed by atoms with van der Waals surface area (Å²) < 4.78 is 0. The normalized spacial score (nSPS) is 13.9. The van der Waals surface area contributed by atoms with Gasteiger partial charge in [-0.3, -0.25) is 9.59 Å². The van der Waals surface area contributed by atoms with Crippen molar-refractivity contribution in [2.24, 2.45) is 5.73 Å². The topological polar surface area (TPSA) is 109 Å². The third-order valence-corrected chi connectivity index (χ3v) is 2.28. The number of allylic oxidation sites excluding steroid dienone is 3. The number of carboxylic acid groups (broad SMARTS) is 1. The summed E-state index contributed by atoms with van der Waals surface area (Å²) in [6.45, 7) is 4.50. The third-order valence-electron chi connectivity index (χ3n) is 2.28. The first kappa shape index (κ1) is 15.9. The van der Waals surface area contributed by atoms with Crippen LogP contribution in [0.3, 0.4) is 0 Å². The minimum Gasteiger partial charge on any atom is -0.480 e. The van der Waals surface area contributed by atoms with Crippen molar-refractivity contribution in [3.63, 3.8) is 0 Å². The van der Waals surface area contributed by atoms with Gasteiger partial charge in [-0.15, -0.1) is 0 Å². The lowest BCUT2D eigenvalue weighted by atomic mass is 10.0. The van der Waals surface area contributed by atoms with Crippen molar-refractivity contribution >= 4 is 17.7 Å². The molecule has 0 rings (SSSR count). The Labute approximate surface area is 106 Å². The maximum Gasteiger partial charge on any atom is 0.326 e. The van der Waals surface area contributed by atoms with E-state index >= 15 is 0 Å². The molecule has 100 valence electrons. The van der Waals surface area contributed by atoms with Gasteiger partial charge in [-0.2, -0.15) is 0 Å². The van der Waals surface area contributed by atoms with Gasteiger partial charge in [0.1, 0.15) is 6.04 Å². The minimum atomic E-state index is -1.26. The van der Waals surface area contributed by atoms with E-state index in [2.05, 4.69) is 5.32 Å². The molecule has 0 bridgehead atoms. The van der Waals surface area contributed by atoms with Gasteiger partial charge in [0.2, 0.25) is 5.91 Å². The van der Waals surface area contributed by atoms with Crippen molar-refractivity contribution in [3.05, 3.63) is 23.4 Å². The van der Waals surface area contributed by atoms with E-state index in [1.807, 2.05) is 0 Å². The van der Waals surface area contributed by atoms with Crippen LogP contribution in [0.1, 0.15) is 27.2 Å². The predicted octanol–water partition coefficient (Wildman–Crippen LogP) is 0.344. The first-order valence-corrected chi connectivity index (χ1v) is 5.45. The largest absolute Gasteiger partial charge is 0.480 e. The van der Waals surface area contributed by atoms with Gasteiger partial charge >= 0.3 is 5.97 Å². The van der Waals surface area contributed by atoms with E-state index < -0.39 is 23.7 Å². The van der Waals surface area contributed by atoms with Crippen LogP contribution in [-0.4, -0.2) is 28.8 Å². The van der Waals surface area contributed by atoms with Gasteiger partial charge in [-0.05, 0) is 13.8 Å². The number of hydrogen-bond donors (Lipinski definition) is 3. The molecule has 0 fully saturated rings. The maximum absolute atomic E-state index is 11.9. The lowest BCUT2D eigenvalue weighted by Gasteiger charge is -2.13. The lowest BCUT2D eigenvalue weighted by molar-refractivity contribution is -0.142. The van der Waals surface area contributed by atoms with E-state index in [0.717, 1.165) is 0 Å². The summed E-state index contributed by atoms with van der Waals surface area (Å²) in [5, 5.41) is 11.1. The van der Waals surface area contributed by atoms with E-state index in [9.17, 15) is 14.4 Å². The van der Waals surface area contributed by atoms with E-state index in [4.69, 9.17) is 10.8 Å². The fourth-order valence-corrected chi connectivity index (χ4v) is 1.38. The average Bonchev–Trinajstić information content (AvgIpc) is 2.27. The summed E-state index contributed by atoms with van der Waals surface area (Å²) in [5.41, 5.74) is 6.16. The van der Waals surface area contributed by atoms with Crippen LogP contribution in [0, 0.1) is 0 Å². The predicted molar refractivity (Wildman–Crippen MR) is 66.6 cm³/mol. The van der Waals surface area contributed by atoms with E-state index in [0.29, 0.717) is 0 Å². The molecule has 6 heteroatoms. The fraction of sp³-hybridized carbons (Fsp3) is 0.417. The van der Waals surface area contributed by atoms with Crippen LogP contribution >= 0.6 is 0 Å². The molecule has 1 amide bonds. The lowest BCUT2D eigenvalue weighted by Crippen LogP contribution is -2.41. The molecule has 6 nitrogen and oxygen atoms in total. The standard InChI is InChI=1S/C12H18N2O4/c1-4-8(9(13)5-2)11(16)6-10(12(17)18)14-7(3)15/h4-5,10H,6,13H2,1-3H3,(H,14,15)(H,17,18)/b8-4+,9-5+. The summed E-state index contributed by atoms with van der Waals surface area (Å²) in [5.74, 6) is -2.18. The summed E-state index contributed by atoms with van der Waals surface area (Å²) in [7, 11) is 0. The molecule has 18 heavy (non-hydrogen) atoms. The quantitative estimate of drug-likeness (QED) is 0.468. The fourth-order valence-electron chi connectivity index (χ4n) is 1.38. The Balaban J connectivity index is 4.90. The van der Waals surface area contributed by atoms with Crippen molar-refractivity contribution in [2.45, 2.75) is 33.2 Å². The molecule has 0 aromatic rings. The van der Waals surface area contributed by atoms with Crippen molar-refractivity contribution in [3.8, 4) is 0 Å². The number of carbonyl (C=O) groups excluding carboxylic acids is 2. The van der Waals surface area contributed by atoms with Crippen molar-refractivity contribution < 1.29 is 19.5 Å². The number of rotatable bonds is 6. The van der Waals surface area contributed by atoms with Crippen molar-refractivity contribution in [2.75, 3.05) is 0 Å². The number of ketones is 1. The number of carbonyl (C=O) groups is 3. The molecule has 0 spiro atoms. The minimum absolute atomic E-state index is 0.258. The average molecular weight is 254 g/mol. The van der Waals surface area contributed by atoms with Crippen LogP contribution in [0.2, 0.25) is 0 Å². The van der Waals surface area contributed by atoms with E-state index in [1.165, 1.54) is 13.0 Å². The molecule has 0 aromatic carbocycles. The maximum atomic E-state index is 11.9. The molecule has 0 aliphatic rings. The van der Waals surface area contributed by atoms with Crippen LogP contribution in [-0.2, 0) is 14.4 Å². The van der Waals surface area contributed by atoms with Crippen LogP contribution in [0.4, 0.5) is 0 Å². The van der Waals surface area contributed by atoms with Gasteiger partial charge in [0.15, 0.2) is 5.78 Å². The molecule has 0 saturated carbocycles. The number of hydrogen-bond acceptors (Lipinski definition) is 4. The van der Waals surface area contributed by atoms with Gasteiger partial charge in [0.05, 0.1) is 0 Å².